The molecule has 2 aromatic heterocycles. The molecule has 10 heteroatoms. The first-order chi connectivity index (χ1) is 12.4. The van der Waals surface area contributed by atoms with Crippen molar-refractivity contribution in [2.45, 2.75) is 29.7 Å². The molecule has 0 atom stereocenters. The molecule has 136 valence electrons. The van der Waals surface area contributed by atoms with Crippen molar-refractivity contribution in [1.82, 2.24) is 19.6 Å². The molecule has 1 aromatic carbocycles. The summed E-state index contributed by atoms with van der Waals surface area (Å²) in [6.45, 7) is 3.81. The Morgan fingerprint density at radius 1 is 1.23 bits per heavy atom. The number of nitrogens with one attached hydrogen (secondary N) is 1. The first-order valence-electron chi connectivity index (χ1n) is 7.59. The fraction of sp³-hybridized carbons (Fsp3) is 0.250. The number of nitrogens with zero attached hydrogens (tertiary/aromatic N) is 4. The minimum atomic E-state index is -2.47. The van der Waals surface area contributed by atoms with Crippen LogP contribution in [-0.2, 0) is 4.79 Å². The van der Waals surface area contributed by atoms with E-state index in [1.165, 1.54) is 11.8 Å². The zero-order chi connectivity index (χ0) is 18.7. The molecule has 3 aromatic rings. The van der Waals surface area contributed by atoms with E-state index >= 15 is 0 Å². The van der Waals surface area contributed by atoms with Crippen molar-refractivity contribution >= 4 is 40.9 Å². The van der Waals surface area contributed by atoms with Gasteiger partial charge in [0.05, 0.1) is 5.75 Å². The fourth-order valence-corrected chi connectivity index (χ4v) is 3.63. The summed E-state index contributed by atoms with van der Waals surface area (Å²) < 4.78 is 26.4. The van der Waals surface area contributed by atoms with Crippen LogP contribution in [0.15, 0.2) is 40.4 Å². The molecule has 0 aliphatic rings. The highest BCUT2D eigenvalue weighted by molar-refractivity contribution is 8.00. The molecule has 0 unspecified atom stereocenters. The van der Waals surface area contributed by atoms with Crippen LogP contribution in [0.1, 0.15) is 11.4 Å². The number of carbonyl (C=O) groups excluding carboxylic acids is 1. The quantitative estimate of drug-likeness (QED) is 0.641. The van der Waals surface area contributed by atoms with Gasteiger partial charge in [-0.1, -0.05) is 23.5 Å². The van der Waals surface area contributed by atoms with Crippen LogP contribution in [0.4, 0.5) is 14.5 Å². The van der Waals surface area contributed by atoms with E-state index in [9.17, 15) is 13.6 Å². The smallest absolute Gasteiger partial charge is 0.288 e. The highest BCUT2D eigenvalue weighted by Crippen LogP contribution is 2.26. The molecular formula is C16H15F2N5OS2. The van der Waals surface area contributed by atoms with Gasteiger partial charge < -0.3 is 5.32 Å². The highest BCUT2D eigenvalue weighted by atomic mass is 32.2. The molecular weight excluding hydrogens is 380 g/mol. The third-order valence-electron chi connectivity index (χ3n) is 3.36. The maximum Gasteiger partial charge on any atom is 0.288 e. The Balaban J connectivity index is 1.61. The number of anilines is 1. The number of thioether (sulfide) groups is 2. The van der Waals surface area contributed by atoms with E-state index in [-0.39, 0.29) is 11.7 Å². The average molecular weight is 395 g/mol. The first-order valence-corrected chi connectivity index (χ1v) is 9.46. The molecule has 0 aliphatic carbocycles. The number of aryl methyl sites for hydroxylation is 2. The molecule has 1 amide bonds. The molecule has 26 heavy (non-hydrogen) atoms. The Morgan fingerprint density at radius 2 is 1.96 bits per heavy atom. The van der Waals surface area contributed by atoms with E-state index in [4.69, 9.17) is 0 Å². The summed E-state index contributed by atoms with van der Waals surface area (Å²) in [6, 6.07) is 8.19. The summed E-state index contributed by atoms with van der Waals surface area (Å²) in [5, 5.41) is 11.4. The lowest BCUT2D eigenvalue weighted by Crippen LogP contribution is -2.14. The van der Waals surface area contributed by atoms with Gasteiger partial charge in [-0.3, -0.25) is 9.20 Å². The number of hydrogen-bond acceptors (Lipinski definition) is 6. The number of fused-ring (bicyclic) bond motifs is 1. The Hall–Kier alpha value is -2.20. The lowest BCUT2D eigenvalue weighted by molar-refractivity contribution is -0.113. The maximum atomic E-state index is 12.3. The van der Waals surface area contributed by atoms with E-state index in [1.807, 2.05) is 19.9 Å². The lowest BCUT2D eigenvalue weighted by atomic mass is 10.3. The zero-order valence-electron chi connectivity index (χ0n) is 13.9. The summed E-state index contributed by atoms with van der Waals surface area (Å²) in [5.41, 5.74) is 2.34. The number of aromatic nitrogens is 4. The second-order valence-corrected chi connectivity index (χ2v) is 7.40. The van der Waals surface area contributed by atoms with Crippen LogP contribution in [0, 0.1) is 13.8 Å². The molecule has 0 radical (unpaired) electrons. The van der Waals surface area contributed by atoms with Crippen molar-refractivity contribution in [3.63, 3.8) is 0 Å². The van der Waals surface area contributed by atoms with Crippen LogP contribution in [0.25, 0.3) is 5.78 Å². The number of hydrogen-bond donors (Lipinski definition) is 1. The molecule has 0 bridgehead atoms. The van der Waals surface area contributed by atoms with Crippen LogP contribution in [0.3, 0.4) is 0 Å². The van der Waals surface area contributed by atoms with Gasteiger partial charge in [0.25, 0.3) is 11.5 Å². The highest BCUT2D eigenvalue weighted by Gasteiger charge is 2.12. The normalized spacial score (nSPS) is 11.3. The van der Waals surface area contributed by atoms with Crippen molar-refractivity contribution in [2.75, 3.05) is 11.1 Å². The van der Waals surface area contributed by atoms with Crippen LogP contribution < -0.4 is 5.32 Å². The summed E-state index contributed by atoms with van der Waals surface area (Å²) >= 11 is 1.71. The second kappa shape index (κ2) is 8.00. The van der Waals surface area contributed by atoms with Gasteiger partial charge in [-0.15, -0.1) is 10.2 Å². The Morgan fingerprint density at radius 3 is 2.65 bits per heavy atom. The van der Waals surface area contributed by atoms with Crippen molar-refractivity contribution in [3.05, 3.63) is 41.7 Å². The van der Waals surface area contributed by atoms with Crippen LogP contribution in [-0.4, -0.2) is 37.0 Å². The number of amides is 1. The Kier molecular flexibility index (Phi) is 5.72. The number of benzene rings is 1. The Bertz CT molecular complexity index is 930. The van der Waals surface area contributed by atoms with Gasteiger partial charge in [0, 0.05) is 22.0 Å². The molecule has 0 saturated carbocycles. The first kappa shape index (κ1) is 18.6. The van der Waals surface area contributed by atoms with Crippen molar-refractivity contribution in [3.8, 4) is 0 Å². The summed E-state index contributed by atoms with van der Waals surface area (Å²) in [4.78, 5) is 16.9. The van der Waals surface area contributed by atoms with E-state index in [0.29, 0.717) is 33.3 Å². The van der Waals surface area contributed by atoms with Crippen LogP contribution in [0.5, 0.6) is 0 Å². The monoisotopic (exact) mass is 395 g/mol. The van der Waals surface area contributed by atoms with Gasteiger partial charge in [-0.2, -0.15) is 8.78 Å². The van der Waals surface area contributed by atoms with Crippen LogP contribution in [0.2, 0.25) is 0 Å². The molecule has 1 N–H and O–H groups in total. The standard InChI is InChI=1S/C16H15F2N5OS2/c1-9-7-10(2)23-15(19-9)21-22-16(23)25-8-13(24)20-11-3-5-12(6-4-11)26-14(17)18/h3-7,14H,8H2,1-2H3,(H,20,24). The minimum absolute atomic E-state index is 0.141. The average Bonchev–Trinajstić information content (AvgIpc) is 2.97. The van der Waals surface area contributed by atoms with Gasteiger partial charge in [0.1, 0.15) is 0 Å². The lowest BCUT2D eigenvalue weighted by Gasteiger charge is -2.07. The summed E-state index contributed by atoms with van der Waals surface area (Å²) in [7, 11) is 0. The van der Waals surface area contributed by atoms with E-state index in [1.54, 1.807) is 28.7 Å². The van der Waals surface area contributed by atoms with Crippen molar-refractivity contribution in [2.24, 2.45) is 0 Å². The molecule has 0 fully saturated rings. The minimum Gasteiger partial charge on any atom is -0.325 e. The van der Waals surface area contributed by atoms with Crippen molar-refractivity contribution < 1.29 is 13.6 Å². The van der Waals surface area contributed by atoms with E-state index < -0.39 is 5.76 Å². The largest absolute Gasteiger partial charge is 0.325 e. The van der Waals surface area contributed by atoms with Gasteiger partial charge in [-0.25, -0.2) is 4.98 Å². The maximum absolute atomic E-state index is 12.3. The van der Waals surface area contributed by atoms with Gasteiger partial charge in [-0.05, 0) is 44.2 Å². The molecule has 0 aliphatic heterocycles. The number of alkyl halides is 2. The number of rotatable bonds is 6. The van der Waals surface area contributed by atoms with Gasteiger partial charge in [0.15, 0.2) is 5.16 Å². The topological polar surface area (TPSA) is 72.2 Å². The van der Waals surface area contributed by atoms with Crippen LogP contribution >= 0.6 is 23.5 Å². The third-order valence-corrected chi connectivity index (χ3v) is 5.01. The predicted octanol–water partition coefficient (Wildman–Crippen LogP) is 3.79. The SMILES string of the molecule is Cc1cc(C)n2c(SCC(=O)Nc3ccc(SC(F)F)cc3)nnc2n1. The molecule has 0 spiro atoms. The zero-order valence-corrected chi connectivity index (χ0v) is 15.6. The fourth-order valence-electron chi connectivity index (χ4n) is 2.34. The van der Waals surface area contributed by atoms with E-state index in [2.05, 4.69) is 20.5 Å². The van der Waals surface area contributed by atoms with Gasteiger partial charge in [0.2, 0.25) is 5.91 Å². The third kappa shape index (κ3) is 4.50. The predicted molar refractivity (Wildman–Crippen MR) is 97.9 cm³/mol. The molecule has 6 nitrogen and oxygen atoms in total. The molecule has 3 rings (SSSR count). The van der Waals surface area contributed by atoms with Gasteiger partial charge >= 0.3 is 0 Å². The number of carbonyl (C=O) groups is 1. The Labute approximate surface area is 156 Å². The second-order valence-electron chi connectivity index (χ2n) is 5.40. The summed E-state index contributed by atoms with van der Waals surface area (Å²) in [5.74, 6) is -2.05. The molecule has 0 saturated heterocycles. The summed E-state index contributed by atoms with van der Waals surface area (Å²) in [6.07, 6.45) is 0. The van der Waals surface area contributed by atoms with E-state index in [0.717, 1.165) is 11.4 Å². The molecule has 2 heterocycles. The number of halogens is 2. The van der Waals surface area contributed by atoms with Crippen molar-refractivity contribution in [1.29, 1.82) is 0 Å².